The highest BCUT2D eigenvalue weighted by Crippen LogP contribution is 2.43. The zero-order chi connectivity index (χ0) is 11.7. The molecule has 0 amide bonds. The van der Waals surface area contributed by atoms with E-state index in [2.05, 4.69) is 47.0 Å². The van der Waals surface area contributed by atoms with Gasteiger partial charge in [0.15, 0.2) is 0 Å². The highest BCUT2D eigenvalue weighted by Gasteiger charge is 2.14. The van der Waals surface area contributed by atoms with Crippen LogP contribution in [0.25, 0.3) is 26.3 Å². The molecule has 0 aliphatic carbocycles. The minimum absolute atomic E-state index is 1.24. The van der Waals surface area contributed by atoms with Crippen molar-refractivity contribution in [2.75, 3.05) is 0 Å². The molecular weight excluding hydrogens is 264 g/mol. The van der Waals surface area contributed by atoms with Crippen LogP contribution < -0.4 is 0 Å². The van der Waals surface area contributed by atoms with Gasteiger partial charge in [0, 0.05) is 15.3 Å². The summed E-state index contributed by atoms with van der Waals surface area (Å²) in [6, 6.07) is 8.56. The second-order valence-electron chi connectivity index (χ2n) is 3.55. The second-order valence-corrected chi connectivity index (χ2v) is 6.33. The minimum Gasteiger partial charge on any atom is -0.144 e. The Morgan fingerprint density at radius 2 is 1.65 bits per heavy atom. The van der Waals surface area contributed by atoms with Crippen molar-refractivity contribution in [3.63, 3.8) is 0 Å². The van der Waals surface area contributed by atoms with Crippen molar-refractivity contribution < 1.29 is 0 Å². The van der Waals surface area contributed by atoms with Gasteiger partial charge in [-0.1, -0.05) is 24.8 Å². The summed E-state index contributed by atoms with van der Waals surface area (Å²) in [5, 5.41) is 6.44. The van der Waals surface area contributed by atoms with Gasteiger partial charge in [0.2, 0.25) is 0 Å². The van der Waals surface area contributed by atoms with Crippen LogP contribution in [-0.4, -0.2) is 0 Å². The first kappa shape index (κ1) is 11.0. The lowest BCUT2D eigenvalue weighted by atomic mass is 10.1. The molecule has 0 aromatic carbocycles. The molecule has 0 spiro atoms. The number of thiophene rings is 3. The van der Waals surface area contributed by atoms with E-state index < -0.39 is 0 Å². The molecule has 0 nitrogen and oxygen atoms in total. The van der Waals surface area contributed by atoms with Gasteiger partial charge in [-0.05, 0) is 33.8 Å². The summed E-state index contributed by atoms with van der Waals surface area (Å²) in [5.74, 6) is 0. The second kappa shape index (κ2) is 4.61. The fourth-order valence-corrected chi connectivity index (χ4v) is 4.60. The van der Waals surface area contributed by atoms with Gasteiger partial charge >= 0.3 is 0 Å². The molecule has 84 valence electrons. The number of hydrogen-bond donors (Lipinski definition) is 0. The van der Waals surface area contributed by atoms with Crippen LogP contribution in [0.15, 0.2) is 47.0 Å². The maximum Gasteiger partial charge on any atom is 0.0535 e. The van der Waals surface area contributed by atoms with Crippen molar-refractivity contribution >= 4 is 40.1 Å². The SMILES string of the molecule is C=Cc1csc(-c2cccs2)c1-c1cccs1. The number of hydrogen-bond acceptors (Lipinski definition) is 3. The molecule has 0 bridgehead atoms. The van der Waals surface area contributed by atoms with Gasteiger partial charge in [-0.3, -0.25) is 0 Å². The van der Waals surface area contributed by atoms with Gasteiger partial charge in [0.25, 0.3) is 0 Å². The molecule has 0 unspecified atom stereocenters. The lowest BCUT2D eigenvalue weighted by Crippen LogP contribution is -1.75. The molecule has 3 rings (SSSR count). The Labute approximate surface area is 113 Å². The van der Waals surface area contributed by atoms with E-state index in [1.807, 2.05) is 6.08 Å². The molecule has 0 aliphatic rings. The van der Waals surface area contributed by atoms with Crippen molar-refractivity contribution in [3.05, 3.63) is 52.5 Å². The fourth-order valence-electron chi connectivity index (χ4n) is 1.79. The van der Waals surface area contributed by atoms with Crippen LogP contribution >= 0.6 is 34.0 Å². The van der Waals surface area contributed by atoms with Gasteiger partial charge in [-0.25, -0.2) is 0 Å². The average molecular weight is 274 g/mol. The molecule has 17 heavy (non-hydrogen) atoms. The van der Waals surface area contributed by atoms with Crippen LogP contribution in [0.3, 0.4) is 0 Å². The molecule has 3 aromatic heterocycles. The van der Waals surface area contributed by atoms with E-state index >= 15 is 0 Å². The van der Waals surface area contributed by atoms with Crippen LogP contribution in [0.4, 0.5) is 0 Å². The molecule has 0 aliphatic heterocycles. The molecule has 0 N–H and O–H groups in total. The molecule has 3 heteroatoms. The van der Waals surface area contributed by atoms with Crippen LogP contribution in [-0.2, 0) is 0 Å². The van der Waals surface area contributed by atoms with Gasteiger partial charge in [-0.2, -0.15) is 0 Å². The average Bonchev–Trinajstić information content (AvgIpc) is 3.09. The summed E-state index contributed by atoms with van der Waals surface area (Å²) in [7, 11) is 0. The van der Waals surface area contributed by atoms with Crippen LogP contribution in [0.5, 0.6) is 0 Å². The fraction of sp³-hybridized carbons (Fsp3) is 0. The van der Waals surface area contributed by atoms with Crippen LogP contribution in [0.1, 0.15) is 5.56 Å². The third-order valence-corrected chi connectivity index (χ3v) is 5.49. The first-order valence-corrected chi connectivity index (χ1v) is 7.85. The molecule has 0 saturated carbocycles. The topological polar surface area (TPSA) is 0 Å². The van der Waals surface area contributed by atoms with E-state index in [9.17, 15) is 0 Å². The lowest BCUT2D eigenvalue weighted by molar-refractivity contribution is 1.81. The van der Waals surface area contributed by atoms with Gasteiger partial charge in [0.1, 0.15) is 0 Å². The Bertz CT molecular complexity index is 613. The van der Waals surface area contributed by atoms with E-state index in [0.717, 1.165) is 0 Å². The van der Waals surface area contributed by atoms with E-state index in [1.165, 1.54) is 25.8 Å². The summed E-state index contributed by atoms with van der Waals surface area (Å²) in [5.41, 5.74) is 2.57. The molecule has 0 radical (unpaired) electrons. The Kier molecular flexibility index (Phi) is 2.97. The summed E-state index contributed by atoms with van der Waals surface area (Å²) in [6.07, 6.45) is 1.95. The first-order valence-electron chi connectivity index (χ1n) is 5.22. The maximum absolute atomic E-state index is 3.91. The Balaban J connectivity index is 2.24. The summed E-state index contributed by atoms with van der Waals surface area (Å²) < 4.78 is 0. The molecule has 0 fully saturated rings. The Morgan fingerprint density at radius 3 is 2.24 bits per heavy atom. The zero-order valence-electron chi connectivity index (χ0n) is 9.05. The summed E-state index contributed by atoms with van der Waals surface area (Å²) in [6.45, 7) is 3.91. The minimum atomic E-state index is 1.24. The predicted molar refractivity (Wildman–Crippen MR) is 81.0 cm³/mol. The van der Waals surface area contributed by atoms with Crippen LogP contribution in [0, 0.1) is 0 Å². The molecule has 3 aromatic rings. The predicted octanol–water partition coefficient (Wildman–Crippen LogP) is 5.85. The first-order chi connectivity index (χ1) is 8.40. The van der Waals surface area contributed by atoms with E-state index in [0.29, 0.717) is 0 Å². The standard InChI is InChI=1S/C14H10S3/c1-2-10-9-17-14(12-6-4-8-16-12)13(10)11-5-3-7-15-11/h2-9H,1H2. The van der Waals surface area contributed by atoms with Gasteiger partial charge < -0.3 is 0 Å². The molecule has 0 saturated heterocycles. The highest BCUT2D eigenvalue weighted by atomic mass is 32.1. The van der Waals surface area contributed by atoms with E-state index in [-0.39, 0.29) is 0 Å². The molecule has 0 atom stereocenters. The van der Waals surface area contributed by atoms with Gasteiger partial charge in [0.05, 0.1) is 4.88 Å². The van der Waals surface area contributed by atoms with E-state index in [4.69, 9.17) is 0 Å². The summed E-state index contributed by atoms with van der Waals surface area (Å²) >= 11 is 5.38. The quantitative estimate of drug-likeness (QED) is 0.562. The van der Waals surface area contributed by atoms with Crippen molar-refractivity contribution in [2.24, 2.45) is 0 Å². The Hall–Kier alpha value is -1.16. The third-order valence-electron chi connectivity index (χ3n) is 2.55. The monoisotopic (exact) mass is 274 g/mol. The lowest BCUT2D eigenvalue weighted by Gasteiger charge is -2.01. The largest absolute Gasteiger partial charge is 0.144 e. The van der Waals surface area contributed by atoms with Crippen LogP contribution in [0.2, 0.25) is 0 Å². The smallest absolute Gasteiger partial charge is 0.0535 e. The zero-order valence-corrected chi connectivity index (χ0v) is 11.5. The van der Waals surface area contributed by atoms with Gasteiger partial charge in [-0.15, -0.1) is 34.0 Å². The van der Waals surface area contributed by atoms with E-state index in [1.54, 1.807) is 34.0 Å². The van der Waals surface area contributed by atoms with Crippen molar-refractivity contribution in [1.29, 1.82) is 0 Å². The normalized spacial score (nSPS) is 10.6. The third kappa shape index (κ3) is 1.90. The number of rotatable bonds is 3. The molecular formula is C14H10S3. The van der Waals surface area contributed by atoms with Crippen molar-refractivity contribution in [3.8, 4) is 20.2 Å². The highest BCUT2D eigenvalue weighted by molar-refractivity contribution is 7.21. The summed E-state index contributed by atoms with van der Waals surface area (Å²) in [4.78, 5) is 4.02. The Morgan fingerprint density at radius 1 is 0.941 bits per heavy atom. The van der Waals surface area contributed by atoms with Crippen molar-refractivity contribution in [1.82, 2.24) is 0 Å². The molecule has 3 heterocycles. The van der Waals surface area contributed by atoms with Crippen molar-refractivity contribution in [2.45, 2.75) is 0 Å². The maximum atomic E-state index is 3.91.